The lowest BCUT2D eigenvalue weighted by Crippen LogP contribution is -2.25. The Morgan fingerprint density at radius 2 is 1.89 bits per heavy atom. The number of ketones is 1. The van der Waals surface area contributed by atoms with E-state index in [9.17, 15) is 14.0 Å². The number of hydrogen-bond acceptors (Lipinski definition) is 4. The smallest absolute Gasteiger partial charge is 0.226 e. The van der Waals surface area contributed by atoms with Crippen LogP contribution in [-0.4, -0.2) is 23.7 Å². The van der Waals surface area contributed by atoms with Gasteiger partial charge in [-0.05, 0) is 23.8 Å². The number of hydrogen-bond donors (Lipinski definition) is 0. The highest BCUT2D eigenvalue weighted by molar-refractivity contribution is 5.97. The van der Waals surface area contributed by atoms with Gasteiger partial charge in [0.1, 0.15) is 12.1 Å². The Bertz CT molecular complexity index is 950. The van der Waals surface area contributed by atoms with Crippen LogP contribution >= 0.6 is 0 Å². The van der Waals surface area contributed by atoms with Crippen molar-refractivity contribution in [2.75, 3.05) is 11.9 Å². The first-order chi connectivity index (χ1) is 13.0. The van der Waals surface area contributed by atoms with Crippen LogP contribution in [-0.2, 0) is 11.2 Å². The summed E-state index contributed by atoms with van der Waals surface area (Å²) in [7, 11) is 1.62. The van der Waals surface area contributed by atoms with E-state index in [4.69, 9.17) is 4.42 Å². The minimum Gasteiger partial charge on any atom is -0.449 e. The summed E-state index contributed by atoms with van der Waals surface area (Å²) in [4.78, 5) is 29.3. The molecule has 0 bridgehead atoms. The van der Waals surface area contributed by atoms with Crippen molar-refractivity contribution in [3.8, 4) is 11.1 Å². The maximum absolute atomic E-state index is 14.5. The quantitative estimate of drug-likeness (QED) is 0.611. The van der Waals surface area contributed by atoms with Crippen LogP contribution in [0.25, 0.3) is 11.1 Å². The third kappa shape index (κ3) is 4.11. The molecule has 0 radical (unpaired) electrons. The van der Waals surface area contributed by atoms with Gasteiger partial charge in [0, 0.05) is 30.3 Å². The van der Waals surface area contributed by atoms with E-state index in [1.807, 2.05) is 0 Å². The average Bonchev–Trinajstić information content (AvgIpc) is 3.19. The molecule has 0 saturated heterocycles. The van der Waals surface area contributed by atoms with Crippen LogP contribution < -0.4 is 4.90 Å². The lowest BCUT2D eigenvalue weighted by Gasteiger charge is -2.17. The topological polar surface area (TPSA) is 63.4 Å². The number of rotatable bonds is 6. The second kappa shape index (κ2) is 7.95. The molecule has 3 rings (SSSR count). The first kappa shape index (κ1) is 18.5. The number of oxazole rings is 1. The summed E-state index contributed by atoms with van der Waals surface area (Å²) in [6, 6.07) is 11.4. The third-order valence-electron chi connectivity index (χ3n) is 4.33. The minimum atomic E-state index is -0.429. The first-order valence-corrected chi connectivity index (χ1v) is 8.57. The minimum absolute atomic E-state index is 0.0766. The SMILES string of the molecule is CCC(=O)N(C)c1ccc(-c2ccc(C(=O)Cc3ncco3)cc2)c(F)c1. The third-order valence-corrected chi connectivity index (χ3v) is 4.33. The van der Waals surface area contributed by atoms with E-state index < -0.39 is 5.82 Å². The van der Waals surface area contributed by atoms with Gasteiger partial charge in [0.15, 0.2) is 5.78 Å². The van der Waals surface area contributed by atoms with Crippen LogP contribution in [0.15, 0.2) is 59.3 Å². The Hall–Kier alpha value is -3.28. The average molecular weight is 366 g/mol. The highest BCUT2D eigenvalue weighted by Gasteiger charge is 2.14. The molecule has 2 aromatic carbocycles. The Morgan fingerprint density at radius 3 is 2.48 bits per heavy atom. The molecule has 0 spiro atoms. The maximum Gasteiger partial charge on any atom is 0.226 e. The van der Waals surface area contributed by atoms with E-state index in [0.717, 1.165) is 0 Å². The second-order valence-corrected chi connectivity index (χ2v) is 6.07. The van der Waals surface area contributed by atoms with Gasteiger partial charge in [-0.1, -0.05) is 31.2 Å². The maximum atomic E-state index is 14.5. The molecule has 6 heteroatoms. The molecule has 0 aliphatic carbocycles. The predicted molar refractivity (Wildman–Crippen MR) is 100 cm³/mol. The Labute approximate surface area is 156 Å². The zero-order chi connectivity index (χ0) is 19.4. The van der Waals surface area contributed by atoms with Gasteiger partial charge in [-0.15, -0.1) is 0 Å². The van der Waals surface area contributed by atoms with Gasteiger partial charge in [0.25, 0.3) is 0 Å². The van der Waals surface area contributed by atoms with Gasteiger partial charge in [-0.25, -0.2) is 9.37 Å². The van der Waals surface area contributed by atoms with Crippen LogP contribution in [0, 0.1) is 5.82 Å². The molecular formula is C21H19FN2O3. The zero-order valence-electron chi connectivity index (χ0n) is 15.1. The van der Waals surface area contributed by atoms with Crippen LogP contribution in [0.5, 0.6) is 0 Å². The van der Waals surface area contributed by atoms with Crippen molar-refractivity contribution in [2.24, 2.45) is 0 Å². The Kier molecular flexibility index (Phi) is 5.45. The van der Waals surface area contributed by atoms with Crippen molar-refractivity contribution in [1.82, 2.24) is 4.98 Å². The van der Waals surface area contributed by atoms with Crippen molar-refractivity contribution in [1.29, 1.82) is 0 Å². The molecule has 27 heavy (non-hydrogen) atoms. The number of Topliss-reactive ketones (excluding diaryl/α,β-unsaturated/α-hetero) is 1. The van der Waals surface area contributed by atoms with Gasteiger partial charge in [-0.3, -0.25) is 9.59 Å². The first-order valence-electron chi connectivity index (χ1n) is 8.57. The molecule has 0 unspecified atom stereocenters. The van der Waals surface area contributed by atoms with E-state index in [2.05, 4.69) is 4.98 Å². The van der Waals surface area contributed by atoms with E-state index in [1.165, 1.54) is 23.4 Å². The summed E-state index contributed by atoms with van der Waals surface area (Å²) >= 11 is 0. The fourth-order valence-electron chi connectivity index (χ4n) is 2.74. The molecule has 5 nitrogen and oxygen atoms in total. The molecule has 0 saturated carbocycles. The largest absolute Gasteiger partial charge is 0.449 e. The molecule has 138 valence electrons. The summed E-state index contributed by atoms with van der Waals surface area (Å²) < 4.78 is 19.6. The van der Waals surface area contributed by atoms with E-state index in [1.54, 1.807) is 50.4 Å². The normalized spacial score (nSPS) is 10.6. The number of halogens is 1. The van der Waals surface area contributed by atoms with Gasteiger partial charge in [0.2, 0.25) is 11.8 Å². The molecule has 1 heterocycles. The van der Waals surface area contributed by atoms with Crippen molar-refractivity contribution >= 4 is 17.4 Å². The van der Waals surface area contributed by atoms with Gasteiger partial charge < -0.3 is 9.32 Å². The number of carbonyl (C=O) groups excluding carboxylic acids is 2. The molecule has 0 aliphatic heterocycles. The summed E-state index contributed by atoms with van der Waals surface area (Å²) in [5.41, 5.74) is 2.06. The van der Waals surface area contributed by atoms with Gasteiger partial charge >= 0.3 is 0 Å². The highest BCUT2D eigenvalue weighted by Crippen LogP contribution is 2.27. The monoisotopic (exact) mass is 366 g/mol. The number of carbonyl (C=O) groups is 2. The highest BCUT2D eigenvalue weighted by atomic mass is 19.1. The Balaban J connectivity index is 1.78. The van der Waals surface area contributed by atoms with Crippen molar-refractivity contribution < 1.29 is 18.4 Å². The number of amides is 1. The van der Waals surface area contributed by atoms with Crippen molar-refractivity contribution in [3.05, 3.63) is 72.2 Å². The van der Waals surface area contributed by atoms with Crippen LogP contribution in [0.2, 0.25) is 0 Å². The van der Waals surface area contributed by atoms with E-state index in [0.29, 0.717) is 34.7 Å². The molecule has 1 amide bonds. The van der Waals surface area contributed by atoms with E-state index >= 15 is 0 Å². The molecule has 0 fully saturated rings. The molecule has 1 aromatic heterocycles. The zero-order valence-corrected chi connectivity index (χ0v) is 15.1. The van der Waals surface area contributed by atoms with Gasteiger partial charge in [-0.2, -0.15) is 0 Å². The molecule has 3 aromatic rings. The number of nitrogens with zero attached hydrogens (tertiary/aromatic N) is 2. The van der Waals surface area contributed by atoms with Gasteiger partial charge in [0.05, 0.1) is 12.6 Å². The summed E-state index contributed by atoms with van der Waals surface area (Å²) in [5, 5.41) is 0. The predicted octanol–water partition coefficient (Wildman–Crippen LogP) is 4.28. The van der Waals surface area contributed by atoms with Crippen LogP contribution in [0.4, 0.5) is 10.1 Å². The molecule has 0 aliphatic rings. The van der Waals surface area contributed by atoms with Crippen molar-refractivity contribution in [3.63, 3.8) is 0 Å². The number of benzene rings is 2. The molecule has 0 N–H and O–H groups in total. The standard InChI is InChI=1S/C21H19FN2O3/c1-3-21(26)24(2)16-8-9-17(18(22)12-16)14-4-6-15(7-5-14)19(25)13-20-23-10-11-27-20/h4-12H,3,13H2,1-2H3. The Morgan fingerprint density at radius 1 is 1.15 bits per heavy atom. The van der Waals surface area contributed by atoms with Crippen LogP contribution in [0.3, 0.4) is 0 Å². The lowest BCUT2D eigenvalue weighted by molar-refractivity contribution is -0.118. The molecule has 0 atom stereocenters. The summed E-state index contributed by atoms with van der Waals surface area (Å²) in [5.74, 6) is -0.283. The number of aromatic nitrogens is 1. The summed E-state index contributed by atoms with van der Waals surface area (Å²) in [6.45, 7) is 1.76. The summed E-state index contributed by atoms with van der Waals surface area (Å²) in [6.07, 6.45) is 3.34. The molecular weight excluding hydrogens is 347 g/mol. The second-order valence-electron chi connectivity index (χ2n) is 6.07. The fourth-order valence-corrected chi connectivity index (χ4v) is 2.74. The lowest BCUT2D eigenvalue weighted by atomic mass is 10.0. The number of anilines is 1. The van der Waals surface area contributed by atoms with Crippen molar-refractivity contribution in [2.45, 2.75) is 19.8 Å². The van der Waals surface area contributed by atoms with Crippen LogP contribution in [0.1, 0.15) is 29.6 Å². The van der Waals surface area contributed by atoms with E-state index in [-0.39, 0.29) is 18.1 Å². The fraction of sp³-hybridized carbons (Fsp3) is 0.190.